The Balaban J connectivity index is 1.44. The van der Waals surface area contributed by atoms with Crippen LogP contribution < -0.4 is 10.1 Å². The summed E-state index contributed by atoms with van der Waals surface area (Å²) in [6, 6.07) is 12.7. The maximum Gasteiger partial charge on any atom is 0.416 e. The van der Waals surface area contributed by atoms with Gasteiger partial charge in [0.2, 0.25) is 0 Å². The number of nitrogens with one attached hydrogen (secondary N) is 1. The Kier molecular flexibility index (Phi) is 7.42. The minimum Gasteiger partial charge on any atom is -0.493 e. The number of hydrogen-bond acceptors (Lipinski definition) is 5. The molecule has 10 heteroatoms. The van der Waals surface area contributed by atoms with Gasteiger partial charge in [0.1, 0.15) is 0 Å². The predicted molar refractivity (Wildman–Crippen MR) is 123 cm³/mol. The number of aromatic nitrogens is 2. The van der Waals surface area contributed by atoms with Crippen LogP contribution in [0.2, 0.25) is 0 Å². The minimum absolute atomic E-state index is 0.0108. The Hall–Kier alpha value is -3.37. The minimum atomic E-state index is -4.48. The summed E-state index contributed by atoms with van der Waals surface area (Å²) in [6.45, 7) is 5.58. The van der Waals surface area contributed by atoms with Crippen LogP contribution in [-0.4, -0.2) is 53.5 Å². The van der Waals surface area contributed by atoms with Crippen LogP contribution in [-0.2, 0) is 24.0 Å². The molecule has 1 atom stereocenters. The molecule has 4 rings (SSSR count). The number of ether oxygens (including phenoxy) is 2. The van der Waals surface area contributed by atoms with Gasteiger partial charge in [-0.2, -0.15) is 18.3 Å². The number of hydrogen-bond donors (Lipinski definition) is 1. The van der Waals surface area contributed by atoms with Crippen molar-refractivity contribution in [3.8, 4) is 11.4 Å². The first-order chi connectivity index (χ1) is 16.7. The monoisotopic (exact) mass is 488 g/mol. The number of morpholine rings is 1. The van der Waals surface area contributed by atoms with Gasteiger partial charge in [-0.25, -0.2) is 4.68 Å². The predicted octanol–water partition coefficient (Wildman–Crippen LogP) is 4.05. The first-order valence-electron chi connectivity index (χ1n) is 11.2. The number of alkyl halides is 3. The van der Waals surface area contributed by atoms with Gasteiger partial charge < -0.3 is 14.8 Å². The third-order valence-corrected chi connectivity index (χ3v) is 5.73. The molecule has 0 aliphatic carbocycles. The van der Waals surface area contributed by atoms with Crippen LogP contribution in [0.3, 0.4) is 0 Å². The van der Waals surface area contributed by atoms with Gasteiger partial charge in [0.05, 0.1) is 37.3 Å². The smallest absolute Gasteiger partial charge is 0.416 e. The van der Waals surface area contributed by atoms with Gasteiger partial charge >= 0.3 is 6.18 Å². The Morgan fingerprint density at radius 1 is 1.20 bits per heavy atom. The highest BCUT2D eigenvalue weighted by molar-refractivity contribution is 5.94. The topological polar surface area (TPSA) is 68.6 Å². The average Bonchev–Trinajstić information content (AvgIpc) is 3.27. The van der Waals surface area contributed by atoms with E-state index in [1.165, 1.54) is 30.1 Å². The number of rotatable bonds is 7. The Morgan fingerprint density at radius 3 is 2.71 bits per heavy atom. The van der Waals surface area contributed by atoms with E-state index in [1.54, 1.807) is 0 Å². The van der Waals surface area contributed by atoms with Crippen molar-refractivity contribution in [3.63, 3.8) is 0 Å². The zero-order valence-electron chi connectivity index (χ0n) is 19.5. The molecule has 7 nitrogen and oxygen atoms in total. The number of benzene rings is 2. The molecule has 1 amide bonds. The molecule has 0 saturated carbocycles. The lowest BCUT2D eigenvalue weighted by Gasteiger charge is -2.31. The summed E-state index contributed by atoms with van der Waals surface area (Å²) in [7, 11) is 1.38. The van der Waals surface area contributed by atoms with Gasteiger partial charge in [0.25, 0.3) is 5.91 Å². The molecule has 1 fully saturated rings. The third-order valence-electron chi connectivity index (χ3n) is 5.73. The second-order valence-corrected chi connectivity index (χ2v) is 8.46. The summed E-state index contributed by atoms with van der Waals surface area (Å²) in [5.74, 6) is -0.324. The molecule has 186 valence electrons. The van der Waals surface area contributed by atoms with Gasteiger partial charge in [-0.05, 0) is 36.2 Å². The largest absolute Gasteiger partial charge is 0.493 e. The first-order valence-corrected chi connectivity index (χ1v) is 11.2. The molecule has 0 spiro atoms. The highest BCUT2D eigenvalue weighted by Gasteiger charge is 2.31. The lowest BCUT2D eigenvalue weighted by atomic mass is 10.1. The maximum absolute atomic E-state index is 13.1. The number of methoxy groups -OCH3 is 1. The molecule has 1 N–H and O–H groups in total. The van der Waals surface area contributed by atoms with Gasteiger partial charge in [-0.3, -0.25) is 9.69 Å². The van der Waals surface area contributed by atoms with Crippen molar-refractivity contribution < 1.29 is 27.4 Å². The Labute approximate surface area is 201 Å². The van der Waals surface area contributed by atoms with Crippen molar-refractivity contribution in [2.45, 2.75) is 32.3 Å². The Morgan fingerprint density at radius 2 is 1.97 bits per heavy atom. The lowest BCUT2D eigenvalue weighted by molar-refractivity contribution is -0.137. The van der Waals surface area contributed by atoms with E-state index < -0.39 is 17.6 Å². The summed E-state index contributed by atoms with van der Waals surface area (Å²) in [5.41, 5.74) is 1.42. The summed E-state index contributed by atoms with van der Waals surface area (Å²) in [4.78, 5) is 15.2. The fourth-order valence-corrected chi connectivity index (χ4v) is 4.02. The Bertz CT molecular complexity index is 1180. The molecule has 3 aromatic rings. The second kappa shape index (κ2) is 10.5. The summed E-state index contributed by atoms with van der Waals surface area (Å²) >= 11 is 0. The SMILES string of the molecule is COc1cn(-c2cccc(C(F)(F)F)c2)nc1C(=O)NCc1cccc(CN2CCOC(C)C2)c1. The number of amides is 1. The average molecular weight is 489 g/mol. The molecular formula is C25H27F3N4O3. The third kappa shape index (κ3) is 6.20. The lowest BCUT2D eigenvalue weighted by Crippen LogP contribution is -2.40. The van der Waals surface area contributed by atoms with Crippen molar-refractivity contribution in [2.24, 2.45) is 0 Å². The molecule has 1 aliphatic heterocycles. The van der Waals surface area contributed by atoms with Crippen molar-refractivity contribution >= 4 is 5.91 Å². The van der Waals surface area contributed by atoms with E-state index in [4.69, 9.17) is 9.47 Å². The van der Waals surface area contributed by atoms with E-state index in [9.17, 15) is 18.0 Å². The van der Waals surface area contributed by atoms with Crippen molar-refractivity contribution in [2.75, 3.05) is 26.8 Å². The van der Waals surface area contributed by atoms with Crippen LogP contribution in [0.25, 0.3) is 5.69 Å². The summed E-state index contributed by atoms with van der Waals surface area (Å²) < 4.78 is 51.3. The van der Waals surface area contributed by atoms with Gasteiger partial charge in [-0.1, -0.05) is 30.3 Å². The fraction of sp³-hybridized carbons (Fsp3) is 0.360. The van der Waals surface area contributed by atoms with Crippen molar-refractivity contribution in [1.29, 1.82) is 0 Å². The van der Waals surface area contributed by atoms with Crippen LogP contribution in [0.1, 0.15) is 34.1 Å². The van der Waals surface area contributed by atoms with Crippen LogP contribution in [0.4, 0.5) is 13.2 Å². The molecule has 1 aliphatic rings. The fourth-order valence-electron chi connectivity index (χ4n) is 4.02. The molecule has 1 unspecified atom stereocenters. The van der Waals surface area contributed by atoms with Gasteiger partial charge in [-0.15, -0.1) is 0 Å². The number of carbonyl (C=O) groups is 1. The molecule has 2 heterocycles. The van der Waals surface area contributed by atoms with Crippen LogP contribution in [0.15, 0.2) is 54.7 Å². The molecule has 1 saturated heterocycles. The molecule has 0 radical (unpaired) electrons. The number of nitrogens with zero attached hydrogens (tertiary/aromatic N) is 3. The van der Waals surface area contributed by atoms with Crippen LogP contribution in [0, 0.1) is 0 Å². The van der Waals surface area contributed by atoms with E-state index >= 15 is 0 Å². The first kappa shape index (κ1) is 24.7. The second-order valence-electron chi connectivity index (χ2n) is 8.46. The van der Waals surface area contributed by atoms with Crippen molar-refractivity contribution in [1.82, 2.24) is 20.0 Å². The van der Waals surface area contributed by atoms with Gasteiger partial charge in [0.15, 0.2) is 11.4 Å². The molecule has 2 aromatic carbocycles. The van der Waals surface area contributed by atoms with E-state index in [2.05, 4.69) is 22.2 Å². The van der Waals surface area contributed by atoms with Crippen LogP contribution in [0.5, 0.6) is 5.75 Å². The quantitative estimate of drug-likeness (QED) is 0.544. The normalized spacial score (nSPS) is 16.8. The van der Waals surface area contributed by atoms with E-state index in [0.29, 0.717) is 6.61 Å². The number of halogens is 3. The number of carbonyl (C=O) groups excluding carboxylic acids is 1. The van der Waals surface area contributed by atoms with E-state index in [1.807, 2.05) is 24.3 Å². The summed E-state index contributed by atoms with van der Waals surface area (Å²) in [6.07, 6.45) is -2.90. The van der Waals surface area contributed by atoms with E-state index in [0.717, 1.165) is 42.9 Å². The zero-order chi connectivity index (χ0) is 25.0. The van der Waals surface area contributed by atoms with Crippen LogP contribution >= 0.6 is 0 Å². The highest BCUT2D eigenvalue weighted by atomic mass is 19.4. The van der Waals surface area contributed by atoms with Gasteiger partial charge in [0, 0.05) is 26.2 Å². The zero-order valence-corrected chi connectivity index (χ0v) is 19.5. The molecule has 1 aromatic heterocycles. The maximum atomic E-state index is 13.1. The molecule has 35 heavy (non-hydrogen) atoms. The van der Waals surface area contributed by atoms with E-state index in [-0.39, 0.29) is 29.8 Å². The molecule has 0 bridgehead atoms. The standard InChI is InChI=1S/C25H27F3N4O3/c1-17-14-31(9-10-35-17)15-19-6-3-5-18(11-19)13-29-24(33)23-22(34-2)16-32(30-23)21-8-4-7-20(12-21)25(26,27)28/h3-8,11-12,16-17H,9-10,13-15H2,1-2H3,(H,29,33). The highest BCUT2D eigenvalue weighted by Crippen LogP contribution is 2.30. The summed E-state index contributed by atoms with van der Waals surface area (Å²) in [5, 5.41) is 7.00. The van der Waals surface area contributed by atoms with Crippen molar-refractivity contribution in [3.05, 3.63) is 77.1 Å². The molecular weight excluding hydrogens is 461 g/mol.